The van der Waals surface area contributed by atoms with Gasteiger partial charge in [-0.3, -0.25) is 9.29 Å². The van der Waals surface area contributed by atoms with E-state index in [0.717, 1.165) is 38.9 Å². The quantitative estimate of drug-likeness (QED) is 0.499. The van der Waals surface area contributed by atoms with Crippen molar-refractivity contribution in [1.29, 1.82) is 0 Å². The highest BCUT2D eigenvalue weighted by molar-refractivity contribution is 7.92. The highest BCUT2D eigenvalue weighted by Crippen LogP contribution is 2.39. The van der Waals surface area contributed by atoms with Gasteiger partial charge >= 0.3 is 0 Å². The molecule has 0 fully saturated rings. The van der Waals surface area contributed by atoms with Crippen molar-refractivity contribution in [3.8, 4) is 11.1 Å². The van der Waals surface area contributed by atoms with Crippen LogP contribution < -0.4 is 10.0 Å². The van der Waals surface area contributed by atoms with Gasteiger partial charge in [0.25, 0.3) is 0 Å². The summed E-state index contributed by atoms with van der Waals surface area (Å²) in [6, 6.07) is 23.0. The van der Waals surface area contributed by atoms with Gasteiger partial charge < -0.3 is 0 Å². The number of nitrogens with one attached hydrogen (secondary N) is 1. The molecule has 0 atom stereocenters. The van der Waals surface area contributed by atoms with E-state index in [2.05, 4.69) is 4.72 Å². The van der Waals surface area contributed by atoms with E-state index in [1.165, 1.54) is 0 Å². The zero-order valence-electron chi connectivity index (χ0n) is 14.5. The van der Waals surface area contributed by atoms with E-state index in [9.17, 15) is 13.0 Å². The van der Waals surface area contributed by atoms with Crippen LogP contribution in [0.1, 0.15) is 0 Å². The fraction of sp³-hybridized carbons (Fsp3) is 0.0476. The summed E-state index contributed by atoms with van der Waals surface area (Å²) >= 11 is 0. The molecular formula is C21H16NO3PS. The third-order valence-corrected chi connectivity index (χ3v) is 5.64. The third kappa shape index (κ3) is 3.32. The Labute approximate surface area is 159 Å². The molecule has 0 spiro atoms. The van der Waals surface area contributed by atoms with Gasteiger partial charge in [0.1, 0.15) is 0 Å². The van der Waals surface area contributed by atoms with Crippen molar-refractivity contribution in [3.05, 3.63) is 72.8 Å². The summed E-state index contributed by atoms with van der Waals surface area (Å²) in [6.45, 7) is 0. The summed E-state index contributed by atoms with van der Waals surface area (Å²) in [5.74, 6) is 0. The molecule has 0 aromatic heterocycles. The molecule has 6 heteroatoms. The number of fused-ring (bicyclic) bond motifs is 2. The molecule has 0 bridgehead atoms. The van der Waals surface area contributed by atoms with E-state index >= 15 is 0 Å². The maximum absolute atomic E-state index is 12.0. The van der Waals surface area contributed by atoms with Gasteiger partial charge in [0.2, 0.25) is 10.0 Å². The van der Waals surface area contributed by atoms with Crippen LogP contribution in [0.2, 0.25) is 0 Å². The van der Waals surface area contributed by atoms with Gasteiger partial charge in [0.05, 0.1) is 17.2 Å². The Kier molecular flexibility index (Phi) is 4.42. The van der Waals surface area contributed by atoms with Crippen LogP contribution in [0.4, 0.5) is 5.69 Å². The fourth-order valence-electron chi connectivity index (χ4n) is 3.42. The Morgan fingerprint density at radius 2 is 1.30 bits per heavy atom. The smallest absolute Gasteiger partial charge is 0.229 e. The Balaban J connectivity index is 2.20. The second-order valence-electron chi connectivity index (χ2n) is 6.36. The first kappa shape index (κ1) is 17.7. The van der Waals surface area contributed by atoms with E-state index in [0.29, 0.717) is 11.0 Å². The number of anilines is 1. The summed E-state index contributed by atoms with van der Waals surface area (Å²) < 4.78 is 38.5. The zero-order valence-corrected chi connectivity index (χ0v) is 16.2. The SMILES string of the molecule is CS(=O)(=O)Nc1ccc2ccccc2c1-c1c(P=O)ccc2ccccc12. The second kappa shape index (κ2) is 6.76. The van der Waals surface area contributed by atoms with Crippen LogP contribution in [0.3, 0.4) is 0 Å². The van der Waals surface area contributed by atoms with Gasteiger partial charge in [-0.2, -0.15) is 0 Å². The normalized spacial score (nSPS) is 11.9. The van der Waals surface area contributed by atoms with Crippen LogP contribution in [0, 0.1) is 0 Å². The lowest BCUT2D eigenvalue weighted by molar-refractivity contribution is 0.603. The highest BCUT2D eigenvalue weighted by Gasteiger charge is 2.18. The molecule has 0 aliphatic heterocycles. The molecule has 4 aromatic rings. The summed E-state index contributed by atoms with van der Waals surface area (Å²) in [5.41, 5.74) is 1.97. The van der Waals surface area contributed by atoms with Gasteiger partial charge in [-0.15, -0.1) is 0 Å². The van der Waals surface area contributed by atoms with E-state index in [-0.39, 0.29) is 8.46 Å². The summed E-state index contributed by atoms with van der Waals surface area (Å²) in [4.78, 5) is 0. The van der Waals surface area contributed by atoms with Crippen molar-refractivity contribution in [3.63, 3.8) is 0 Å². The van der Waals surface area contributed by atoms with Crippen molar-refractivity contribution >= 4 is 51.0 Å². The molecular weight excluding hydrogens is 377 g/mol. The molecule has 134 valence electrons. The first-order chi connectivity index (χ1) is 13.0. The summed E-state index contributed by atoms with van der Waals surface area (Å²) in [7, 11) is -3.60. The molecule has 0 aliphatic carbocycles. The van der Waals surface area contributed by atoms with Crippen molar-refractivity contribution in [2.75, 3.05) is 11.0 Å². The minimum atomic E-state index is -3.48. The van der Waals surface area contributed by atoms with Gasteiger partial charge in [0, 0.05) is 11.1 Å². The van der Waals surface area contributed by atoms with Crippen LogP contribution in [0.5, 0.6) is 0 Å². The Morgan fingerprint density at radius 3 is 1.89 bits per heavy atom. The largest absolute Gasteiger partial charge is 0.283 e. The number of sulfonamides is 1. The number of hydrogen-bond acceptors (Lipinski definition) is 3. The second-order valence-corrected chi connectivity index (χ2v) is 8.77. The topological polar surface area (TPSA) is 63.2 Å². The molecule has 0 saturated carbocycles. The van der Waals surface area contributed by atoms with Crippen molar-refractivity contribution in [2.24, 2.45) is 0 Å². The van der Waals surface area contributed by atoms with E-state index in [1.54, 1.807) is 6.07 Å². The van der Waals surface area contributed by atoms with Crippen LogP contribution in [-0.2, 0) is 14.6 Å². The average Bonchev–Trinajstić information content (AvgIpc) is 2.66. The summed E-state index contributed by atoms with van der Waals surface area (Å²) in [6.07, 6.45) is 1.13. The fourth-order valence-corrected chi connectivity index (χ4v) is 4.45. The molecule has 0 aliphatic rings. The number of rotatable bonds is 4. The van der Waals surface area contributed by atoms with Gasteiger partial charge in [0.15, 0.2) is 8.46 Å². The molecule has 0 unspecified atom stereocenters. The van der Waals surface area contributed by atoms with Crippen LogP contribution in [0.25, 0.3) is 32.7 Å². The zero-order chi connectivity index (χ0) is 19.0. The van der Waals surface area contributed by atoms with Crippen LogP contribution >= 0.6 is 8.46 Å². The Bertz CT molecular complexity index is 1300. The lowest BCUT2D eigenvalue weighted by atomic mass is 9.92. The highest BCUT2D eigenvalue weighted by atomic mass is 32.2. The monoisotopic (exact) mass is 393 g/mol. The maximum atomic E-state index is 12.0. The van der Waals surface area contributed by atoms with Crippen molar-refractivity contribution in [1.82, 2.24) is 0 Å². The Hall–Kier alpha value is -2.75. The first-order valence-corrected chi connectivity index (χ1v) is 11.0. The minimum absolute atomic E-state index is 0.120. The van der Waals surface area contributed by atoms with Gasteiger partial charge in [-0.05, 0) is 33.7 Å². The van der Waals surface area contributed by atoms with Gasteiger partial charge in [-0.1, -0.05) is 60.7 Å². The number of benzene rings is 4. The summed E-state index contributed by atoms with van der Waals surface area (Å²) in [5, 5.41) is 4.41. The van der Waals surface area contributed by atoms with E-state index in [4.69, 9.17) is 0 Å². The standard InChI is InChI=1S/C21H16NO3PS/c1-27(24,25)22-18-12-10-14-6-2-4-8-16(14)20(18)21-17-9-5-3-7-15(17)11-13-19(21)26-23/h2-13,22H,1H3. The van der Waals surface area contributed by atoms with Crippen LogP contribution in [-0.4, -0.2) is 14.7 Å². The molecule has 4 aromatic carbocycles. The molecule has 0 amide bonds. The van der Waals surface area contributed by atoms with E-state index in [1.807, 2.05) is 66.7 Å². The molecule has 4 nitrogen and oxygen atoms in total. The number of hydrogen-bond donors (Lipinski definition) is 1. The first-order valence-electron chi connectivity index (χ1n) is 8.33. The average molecular weight is 393 g/mol. The predicted molar refractivity (Wildman–Crippen MR) is 113 cm³/mol. The molecule has 27 heavy (non-hydrogen) atoms. The Morgan fingerprint density at radius 1 is 0.741 bits per heavy atom. The molecule has 0 heterocycles. The maximum Gasteiger partial charge on any atom is 0.229 e. The molecule has 0 saturated heterocycles. The predicted octanol–water partition coefficient (Wildman–Crippen LogP) is 4.95. The van der Waals surface area contributed by atoms with Gasteiger partial charge in [-0.25, -0.2) is 8.42 Å². The van der Waals surface area contributed by atoms with Crippen molar-refractivity contribution < 1.29 is 13.0 Å². The third-order valence-electron chi connectivity index (χ3n) is 4.48. The van der Waals surface area contributed by atoms with Crippen LogP contribution in [0.15, 0.2) is 72.8 Å². The molecule has 0 radical (unpaired) electrons. The lowest BCUT2D eigenvalue weighted by Gasteiger charge is -2.17. The van der Waals surface area contributed by atoms with Crippen molar-refractivity contribution in [2.45, 2.75) is 0 Å². The molecule has 4 rings (SSSR count). The van der Waals surface area contributed by atoms with E-state index < -0.39 is 10.0 Å². The lowest BCUT2D eigenvalue weighted by Crippen LogP contribution is -2.12. The molecule has 1 N–H and O–H groups in total. The minimum Gasteiger partial charge on any atom is -0.283 e.